The quantitative estimate of drug-likeness (QED) is 0.345. The number of thiophene rings is 1. The van der Waals surface area contributed by atoms with Crippen molar-refractivity contribution in [1.29, 1.82) is 0 Å². The minimum absolute atomic E-state index is 0.137. The number of thiol groups is 1. The molecule has 12 heavy (non-hydrogen) atoms. The molecule has 2 aromatic rings. The van der Waals surface area contributed by atoms with Crippen molar-refractivity contribution >= 4 is 39.7 Å². The van der Waals surface area contributed by atoms with E-state index in [-0.39, 0.29) is 5.75 Å². The van der Waals surface area contributed by atoms with Crippen LogP contribution in [0.4, 0.5) is 5.69 Å². The molecule has 0 aliphatic rings. The summed E-state index contributed by atoms with van der Waals surface area (Å²) in [4.78, 5) is 0. The molecule has 0 fully saturated rings. The Labute approximate surface area is 79.0 Å². The highest BCUT2D eigenvalue weighted by Crippen LogP contribution is 2.36. The smallest absolute Gasteiger partial charge is 0.139 e. The number of benzene rings is 1. The van der Waals surface area contributed by atoms with Crippen LogP contribution < -0.4 is 5.73 Å². The Balaban J connectivity index is 2.89. The van der Waals surface area contributed by atoms with Gasteiger partial charge in [-0.2, -0.15) is 0 Å². The van der Waals surface area contributed by atoms with Crippen molar-refractivity contribution in [2.45, 2.75) is 4.21 Å². The summed E-state index contributed by atoms with van der Waals surface area (Å²) in [5, 5.41) is 10.3. The maximum atomic E-state index is 9.28. The summed E-state index contributed by atoms with van der Waals surface area (Å²) in [5.74, 6) is 0.137. The maximum Gasteiger partial charge on any atom is 0.139 e. The molecule has 0 aliphatic heterocycles. The standard InChI is InChI=1S/C8H7NOS2/c9-7-5(10)2-1-4-3-6(11)12-8(4)7/h1-3,10-11H,9H2. The summed E-state index contributed by atoms with van der Waals surface area (Å²) < 4.78 is 1.81. The zero-order valence-corrected chi connectivity index (χ0v) is 7.82. The second-order valence-electron chi connectivity index (χ2n) is 2.50. The predicted octanol–water partition coefficient (Wildman–Crippen LogP) is 2.48. The molecule has 1 aromatic heterocycles. The fourth-order valence-corrected chi connectivity index (χ4v) is 2.37. The first-order valence-corrected chi connectivity index (χ1v) is 4.65. The lowest BCUT2D eigenvalue weighted by atomic mass is 10.2. The van der Waals surface area contributed by atoms with Gasteiger partial charge in [-0.3, -0.25) is 0 Å². The van der Waals surface area contributed by atoms with Crippen LogP contribution >= 0.6 is 24.0 Å². The van der Waals surface area contributed by atoms with E-state index in [0.29, 0.717) is 5.69 Å². The number of hydrogen-bond donors (Lipinski definition) is 3. The minimum atomic E-state index is 0.137. The molecule has 62 valence electrons. The van der Waals surface area contributed by atoms with Crippen LogP contribution in [0.2, 0.25) is 0 Å². The van der Waals surface area contributed by atoms with Gasteiger partial charge in [-0.15, -0.1) is 24.0 Å². The Morgan fingerprint density at radius 1 is 1.42 bits per heavy atom. The van der Waals surface area contributed by atoms with E-state index in [1.807, 2.05) is 12.1 Å². The highest BCUT2D eigenvalue weighted by molar-refractivity contribution is 7.83. The lowest BCUT2D eigenvalue weighted by Crippen LogP contribution is -1.84. The fraction of sp³-hybridized carbons (Fsp3) is 0. The van der Waals surface area contributed by atoms with Crippen molar-refractivity contribution in [2.75, 3.05) is 5.73 Å². The van der Waals surface area contributed by atoms with E-state index >= 15 is 0 Å². The number of aromatic hydroxyl groups is 1. The van der Waals surface area contributed by atoms with Crippen molar-refractivity contribution in [3.63, 3.8) is 0 Å². The van der Waals surface area contributed by atoms with E-state index in [4.69, 9.17) is 5.73 Å². The Hall–Kier alpha value is -0.870. The molecule has 0 unspecified atom stereocenters. The molecule has 0 spiro atoms. The fourth-order valence-electron chi connectivity index (χ4n) is 1.10. The molecular weight excluding hydrogens is 190 g/mol. The van der Waals surface area contributed by atoms with Gasteiger partial charge in [-0.1, -0.05) is 0 Å². The highest BCUT2D eigenvalue weighted by Gasteiger charge is 2.05. The summed E-state index contributed by atoms with van der Waals surface area (Å²) >= 11 is 5.68. The Morgan fingerprint density at radius 2 is 2.17 bits per heavy atom. The van der Waals surface area contributed by atoms with Gasteiger partial charge in [0.2, 0.25) is 0 Å². The Morgan fingerprint density at radius 3 is 2.92 bits per heavy atom. The molecule has 1 aromatic carbocycles. The molecule has 0 radical (unpaired) electrons. The first-order valence-electron chi connectivity index (χ1n) is 3.38. The van der Waals surface area contributed by atoms with Gasteiger partial charge in [0.25, 0.3) is 0 Å². The van der Waals surface area contributed by atoms with Gasteiger partial charge in [-0.25, -0.2) is 0 Å². The number of nitrogens with two attached hydrogens (primary N) is 1. The predicted molar refractivity (Wildman–Crippen MR) is 55.2 cm³/mol. The third-order valence-electron chi connectivity index (χ3n) is 1.69. The van der Waals surface area contributed by atoms with Crippen molar-refractivity contribution in [3.05, 3.63) is 18.2 Å². The van der Waals surface area contributed by atoms with Crippen LogP contribution in [0.25, 0.3) is 10.1 Å². The molecule has 3 N–H and O–H groups in total. The van der Waals surface area contributed by atoms with Crippen LogP contribution in [0, 0.1) is 0 Å². The third kappa shape index (κ3) is 1.04. The van der Waals surface area contributed by atoms with Crippen LogP contribution in [-0.2, 0) is 0 Å². The Kier molecular flexibility index (Phi) is 1.66. The van der Waals surface area contributed by atoms with E-state index in [1.165, 1.54) is 11.3 Å². The first kappa shape index (κ1) is 7.76. The molecule has 0 saturated carbocycles. The summed E-state index contributed by atoms with van der Waals surface area (Å²) in [6, 6.07) is 5.35. The topological polar surface area (TPSA) is 46.2 Å². The zero-order valence-electron chi connectivity index (χ0n) is 6.11. The average Bonchev–Trinajstić information content (AvgIpc) is 2.39. The lowest BCUT2D eigenvalue weighted by Gasteiger charge is -1.97. The minimum Gasteiger partial charge on any atom is -0.506 e. The SMILES string of the molecule is Nc1c(O)ccc2cc(S)sc12. The first-order chi connectivity index (χ1) is 5.68. The average molecular weight is 197 g/mol. The van der Waals surface area contributed by atoms with Crippen LogP contribution in [0.1, 0.15) is 0 Å². The molecule has 0 amide bonds. The molecule has 0 aliphatic carbocycles. The molecular formula is C8H7NOS2. The summed E-state index contributed by atoms with van der Waals surface area (Å²) in [5.41, 5.74) is 6.10. The molecule has 0 bridgehead atoms. The van der Waals surface area contributed by atoms with Crippen molar-refractivity contribution in [1.82, 2.24) is 0 Å². The van der Waals surface area contributed by atoms with Gasteiger partial charge in [-0.05, 0) is 23.6 Å². The number of fused-ring (bicyclic) bond motifs is 1. The number of nitrogen functional groups attached to an aromatic ring is 1. The summed E-state index contributed by atoms with van der Waals surface area (Å²) in [6.07, 6.45) is 0. The summed E-state index contributed by atoms with van der Waals surface area (Å²) in [6.45, 7) is 0. The van der Waals surface area contributed by atoms with Crippen LogP contribution in [0.5, 0.6) is 5.75 Å². The van der Waals surface area contributed by atoms with E-state index < -0.39 is 0 Å². The number of hydrogen-bond acceptors (Lipinski definition) is 4. The Bertz CT molecular complexity index is 436. The van der Waals surface area contributed by atoms with Gasteiger partial charge in [0.15, 0.2) is 0 Å². The second-order valence-corrected chi connectivity index (χ2v) is 4.34. The van der Waals surface area contributed by atoms with Crippen molar-refractivity contribution in [2.24, 2.45) is 0 Å². The van der Waals surface area contributed by atoms with Gasteiger partial charge < -0.3 is 10.8 Å². The lowest BCUT2D eigenvalue weighted by molar-refractivity contribution is 0.479. The molecule has 0 atom stereocenters. The van der Waals surface area contributed by atoms with Gasteiger partial charge in [0, 0.05) is 0 Å². The normalized spacial score (nSPS) is 10.8. The van der Waals surface area contributed by atoms with Gasteiger partial charge >= 0.3 is 0 Å². The van der Waals surface area contributed by atoms with E-state index in [9.17, 15) is 5.11 Å². The highest BCUT2D eigenvalue weighted by atomic mass is 32.2. The largest absolute Gasteiger partial charge is 0.506 e. The van der Waals surface area contributed by atoms with Gasteiger partial charge in [0.05, 0.1) is 14.6 Å². The second kappa shape index (κ2) is 2.57. The van der Waals surface area contributed by atoms with E-state index in [0.717, 1.165) is 14.3 Å². The van der Waals surface area contributed by atoms with Crippen LogP contribution in [-0.4, -0.2) is 5.11 Å². The van der Waals surface area contributed by atoms with Crippen molar-refractivity contribution in [3.8, 4) is 5.75 Å². The molecule has 2 nitrogen and oxygen atoms in total. The third-order valence-corrected chi connectivity index (χ3v) is 3.08. The molecule has 2 rings (SSSR count). The van der Waals surface area contributed by atoms with E-state index in [2.05, 4.69) is 12.6 Å². The van der Waals surface area contributed by atoms with Gasteiger partial charge in [0.1, 0.15) is 5.75 Å². The van der Waals surface area contributed by atoms with Crippen LogP contribution in [0.15, 0.2) is 22.4 Å². The number of anilines is 1. The monoisotopic (exact) mass is 197 g/mol. The van der Waals surface area contributed by atoms with Crippen molar-refractivity contribution < 1.29 is 5.11 Å². The summed E-state index contributed by atoms with van der Waals surface area (Å²) in [7, 11) is 0. The van der Waals surface area contributed by atoms with E-state index in [1.54, 1.807) is 6.07 Å². The molecule has 1 heterocycles. The maximum absolute atomic E-state index is 9.28. The number of rotatable bonds is 0. The molecule has 0 saturated heterocycles. The zero-order chi connectivity index (χ0) is 8.72. The number of phenolic OH excluding ortho intramolecular Hbond substituents is 1. The number of phenols is 1. The van der Waals surface area contributed by atoms with Crippen LogP contribution in [0.3, 0.4) is 0 Å². The molecule has 4 heteroatoms.